The average molecular weight is 530 g/mol. The van der Waals surface area contributed by atoms with Crippen molar-refractivity contribution < 1.29 is 9.53 Å². The molecule has 7 rings (SSSR count). The van der Waals surface area contributed by atoms with Gasteiger partial charge in [-0.25, -0.2) is 9.97 Å². The van der Waals surface area contributed by atoms with Gasteiger partial charge >= 0.3 is 0 Å². The van der Waals surface area contributed by atoms with Gasteiger partial charge in [0, 0.05) is 34.4 Å². The normalized spacial score (nSPS) is 21.5. The van der Waals surface area contributed by atoms with Crippen LogP contribution < -0.4 is 10.1 Å². The number of carbonyl (C=O) groups is 1. The minimum Gasteiger partial charge on any atom is -0.487 e. The summed E-state index contributed by atoms with van der Waals surface area (Å²) in [5, 5.41) is 5.20. The quantitative estimate of drug-likeness (QED) is 0.192. The molecule has 1 saturated carbocycles. The number of amides is 1. The van der Waals surface area contributed by atoms with Crippen LogP contribution in [-0.4, -0.2) is 28.0 Å². The van der Waals surface area contributed by atoms with Crippen molar-refractivity contribution in [2.75, 3.05) is 6.54 Å². The number of nitrogens with zero attached hydrogens (tertiary/aromatic N) is 2. The highest BCUT2D eigenvalue weighted by molar-refractivity contribution is 6.11. The van der Waals surface area contributed by atoms with Crippen molar-refractivity contribution in [1.29, 1.82) is 0 Å². The molecule has 1 N–H and O–H groups in total. The summed E-state index contributed by atoms with van der Waals surface area (Å²) in [6.07, 6.45) is 4.33. The first-order valence-electron chi connectivity index (χ1n) is 14.6. The van der Waals surface area contributed by atoms with Crippen LogP contribution in [0.25, 0.3) is 32.8 Å². The summed E-state index contributed by atoms with van der Waals surface area (Å²) in [7, 11) is 0. The Balaban J connectivity index is 1.32. The Morgan fingerprint density at radius 2 is 1.68 bits per heavy atom. The van der Waals surface area contributed by atoms with Gasteiger partial charge in [0.25, 0.3) is 5.91 Å². The molecule has 0 spiro atoms. The van der Waals surface area contributed by atoms with E-state index >= 15 is 0 Å². The van der Waals surface area contributed by atoms with E-state index in [9.17, 15) is 4.79 Å². The van der Waals surface area contributed by atoms with Crippen molar-refractivity contribution in [3.63, 3.8) is 0 Å². The van der Waals surface area contributed by atoms with Gasteiger partial charge in [-0.05, 0) is 68.7 Å². The Kier molecular flexibility index (Phi) is 5.99. The number of nitrogens with one attached hydrogen (secondary N) is 1. The van der Waals surface area contributed by atoms with E-state index in [1.54, 1.807) is 0 Å². The third-order valence-corrected chi connectivity index (χ3v) is 9.14. The fourth-order valence-corrected chi connectivity index (χ4v) is 7.10. The number of rotatable bonds is 4. The monoisotopic (exact) mass is 529 g/mol. The molecule has 202 valence electrons. The first kappa shape index (κ1) is 25.0. The van der Waals surface area contributed by atoms with Gasteiger partial charge in [-0.2, -0.15) is 0 Å². The molecule has 0 saturated heterocycles. The zero-order valence-electron chi connectivity index (χ0n) is 23.4. The first-order chi connectivity index (χ1) is 19.4. The number of aromatic nitrogens is 2. The van der Waals surface area contributed by atoms with Crippen LogP contribution in [0.3, 0.4) is 0 Å². The number of ether oxygens (including phenoxy) is 1. The van der Waals surface area contributed by atoms with E-state index in [4.69, 9.17) is 14.7 Å². The minimum absolute atomic E-state index is 0.0929. The molecule has 1 aromatic heterocycles. The molecule has 5 aromatic rings. The number of fused-ring (bicyclic) bond motifs is 9. The van der Waals surface area contributed by atoms with Crippen LogP contribution in [0.2, 0.25) is 0 Å². The predicted molar refractivity (Wildman–Crippen MR) is 161 cm³/mol. The molecule has 4 aromatic carbocycles. The second-order valence-corrected chi connectivity index (χ2v) is 12.2. The van der Waals surface area contributed by atoms with Crippen molar-refractivity contribution in [2.45, 2.75) is 58.0 Å². The number of hydrogen-bond donors (Lipinski definition) is 1. The molecule has 1 amide bonds. The second-order valence-electron chi connectivity index (χ2n) is 12.2. The summed E-state index contributed by atoms with van der Waals surface area (Å²) < 4.78 is 6.86. The van der Waals surface area contributed by atoms with Gasteiger partial charge in [0.05, 0.1) is 22.1 Å². The highest BCUT2D eigenvalue weighted by atomic mass is 16.5. The zero-order chi connectivity index (χ0) is 27.4. The van der Waals surface area contributed by atoms with Crippen LogP contribution in [0.4, 0.5) is 0 Å². The smallest absolute Gasteiger partial charge is 0.251 e. The maximum atomic E-state index is 13.0. The summed E-state index contributed by atoms with van der Waals surface area (Å²) in [6.45, 7) is 7.45. The lowest BCUT2D eigenvalue weighted by Gasteiger charge is -2.49. The molecule has 0 unspecified atom stereocenters. The van der Waals surface area contributed by atoms with Gasteiger partial charge in [0.15, 0.2) is 0 Å². The van der Waals surface area contributed by atoms with Gasteiger partial charge < -0.3 is 10.1 Å². The maximum absolute atomic E-state index is 13.0. The van der Waals surface area contributed by atoms with Gasteiger partial charge in [0.1, 0.15) is 11.4 Å². The van der Waals surface area contributed by atoms with Crippen molar-refractivity contribution in [3.8, 4) is 5.75 Å². The van der Waals surface area contributed by atoms with Gasteiger partial charge in [-0.1, -0.05) is 67.9 Å². The van der Waals surface area contributed by atoms with E-state index in [1.165, 1.54) is 17.5 Å². The molecule has 1 fully saturated rings. The Bertz CT molecular complexity index is 1760. The Morgan fingerprint density at radius 1 is 0.925 bits per heavy atom. The SMILES string of the molecule is C[C@H]1CC[C@H]2[C@H](C1)c1c(c3ccccc3c3nc4cc(C(=O)NCCc5ccccc5)ccc4nc13)OC2(C)C. The lowest BCUT2D eigenvalue weighted by atomic mass is 9.64. The molecule has 2 aliphatic rings. The molecule has 1 aliphatic heterocycles. The molecular weight excluding hydrogens is 494 g/mol. The van der Waals surface area contributed by atoms with E-state index in [1.807, 2.05) is 36.4 Å². The van der Waals surface area contributed by atoms with Crippen LogP contribution in [0, 0.1) is 11.8 Å². The number of hydrogen-bond acceptors (Lipinski definition) is 4. The molecule has 0 bridgehead atoms. The molecule has 5 heteroatoms. The van der Waals surface area contributed by atoms with Crippen molar-refractivity contribution >= 4 is 38.7 Å². The van der Waals surface area contributed by atoms with Crippen LogP contribution >= 0.6 is 0 Å². The highest BCUT2D eigenvalue weighted by Gasteiger charge is 2.47. The number of carbonyl (C=O) groups excluding carboxylic acids is 1. The van der Waals surface area contributed by atoms with Crippen LogP contribution in [-0.2, 0) is 6.42 Å². The summed E-state index contributed by atoms with van der Waals surface area (Å²) in [5.41, 5.74) is 6.17. The summed E-state index contributed by atoms with van der Waals surface area (Å²) >= 11 is 0. The van der Waals surface area contributed by atoms with Crippen LogP contribution in [0.1, 0.15) is 67.4 Å². The van der Waals surface area contributed by atoms with E-state index in [2.05, 4.69) is 62.5 Å². The van der Waals surface area contributed by atoms with E-state index < -0.39 is 0 Å². The fourth-order valence-electron chi connectivity index (χ4n) is 7.10. The molecule has 2 heterocycles. The Hall–Kier alpha value is -3.99. The largest absolute Gasteiger partial charge is 0.487 e. The summed E-state index contributed by atoms with van der Waals surface area (Å²) in [6, 6.07) is 24.3. The topological polar surface area (TPSA) is 64.1 Å². The van der Waals surface area contributed by atoms with Crippen molar-refractivity contribution in [3.05, 3.63) is 89.5 Å². The highest BCUT2D eigenvalue weighted by Crippen LogP contribution is 2.56. The predicted octanol–water partition coefficient (Wildman–Crippen LogP) is 7.60. The average Bonchev–Trinajstić information content (AvgIpc) is 2.96. The van der Waals surface area contributed by atoms with Crippen LogP contribution in [0.15, 0.2) is 72.8 Å². The van der Waals surface area contributed by atoms with Gasteiger partial charge in [0.2, 0.25) is 0 Å². The summed E-state index contributed by atoms with van der Waals surface area (Å²) in [5.74, 6) is 2.38. The molecule has 3 atom stereocenters. The molecule has 0 radical (unpaired) electrons. The van der Waals surface area contributed by atoms with Crippen molar-refractivity contribution in [1.82, 2.24) is 15.3 Å². The summed E-state index contributed by atoms with van der Waals surface area (Å²) in [4.78, 5) is 23.4. The first-order valence-corrected chi connectivity index (χ1v) is 14.6. The second kappa shape index (κ2) is 9.58. The third-order valence-electron chi connectivity index (χ3n) is 9.14. The molecule has 5 nitrogen and oxygen atoms in total. The molecule has 40 heavy (non-hydrogen) atoms. The van der Waals surface area contributed by atoms with Gasteiger partial charge in [-0.15, -0.1) is 0 Å². The standard InChI is InChI=1S/C35H35N3O2/c1-21-13-15-27-26(19-21)30-32-31(24-11-7-8-12-25(24)33(30)40-35(27,2)3)38-29-20-23(14-16-28(29)37-32)34(39)36-18-17-22-9-5-4-6-10-22/h4-12,14,16,20-21,26-27H,13,15,17-19H2,1-3H3,(H,36,39)/t21-,26-,27-/m0/s1. The Labute approximate surface area is 235 Å². The third kappa shape index (κ3) is 4.19. The lowest BCUT2D eigenvalue weighted by Crippen LogP contribution is -2.46. The lowest BCUT2D eigenvalue weighted by molar-refractivity contribution is -0.0115. The molecule has 1 aliphatic carbocycles. The fraction of sp³-hybridized carbons (Fsp3) is 0.343. The maximum Gasteiger partial charge on any atom is 0.251 e. The van der Waals surface area contributed by atoms with E-state index in [-0.39, 0.29) is 11.5 Å². The van der Waals surface area contributed by atoms with E-state index in [0.29, 0.717) is 29.9 Å². The van der Waals surface area contributed by atoms with Crippen molar-refractivity contribution in [2.24, 2.45) is 11.8 Å². The minimum atomic E-state index is -0.235. The molecular formula is C35H35N3O2. The zero-order valence-corrected chi connectivity index (χ0v) is 23.4. The van der Waals surface area contributed by atoms with E-state index in [0.717, 1.165) is 57.9 Å². The Morgan fingerprint density at radius 3 is 2.50 bits per heavy atom. The van der Waals surface area contributed by atoms with Crippen LogP contribution in [0.5, 0.6) is 5.75 Å². The number of benzene rings is 4. The van der Waals surface area contributed by atoms with Gasteiger partial charge in [-0.3, -0.25) is 4.79 Å².